The van der Waals surface area contributed by atoms with E-state index in [1.54, 1.807) is 0 Å². The third-order valence-corrected chi connectivity index (χ3v) is 3.32. The smallest absolute Gasteiger partial charge is 0.0734 e. The van der Waals surface area contributed by atoms with E-state index < -0.39 is 0 Å². The normalized spacial score (nSPS) is 11.8. The lowest BCUT2D eigenvalue weighted by Crippen LogP contribution is -1.92. The van der Waals surface area contributed by atoms with Gasteiger partial charge in [0.1, 0.15) is 0 Å². The molecule has 0 atom stereocenters. The van der Waals surface area contributed by atoms with Crippen LogP contribution < -0.4 is 0 Å². The number of rotatable bonds is 2. The number of hydrogen-bond acceptors (Lipinski definition) is 2. The molecule has 1 heterocycles. The number of para-hydroxylation sites is 1. The van der Waals surface area contributed by atoms with E-state index in [0.717, 1.165) is 12.1 Å². The average Bonchev–Trinajstić information content (AvgIpc) is 2.72. The van der Waals surface area contributed by atoms with Crippen LogP contribution in [0.1, 0.15) is 12.5 Å². The van der Waals surface area contributed by atoms with E-state index in [2.05, 4.69) is 53.0 Å². The second-order valence-corrected chi connectivity index (χ2v) is 4.28. The predicted octanol–water partition coefficient (Wildman–Crippen LogP) is 3.62. The molecule has 90 valence electrons. The maximum absolute atomic E-state index is 8.62. The van der Waals surface area contributed by atoms with E-state index in [1.165, 1.54) is 28.0 Å². The van der Waals surface area contributed by atoms with Crippen molar-refractivity contribution < 1.29 is 5.21 Å². The molecule has 1 N–H and O–H groups in total. The average molecular weight is 238 g/mol. The highest BCUT2D eigenvalue weighted by atomic mass is 16.4. The van der Waals surface area contributed by atoms with Crippen molar-refractivity contribution >= 4 is 28.0 Å². The molecule has 3 rings (SSSR count). The first-order chi connectivity index (χ1) is 8.85. The van der Waals surface area contributed by atoms with Crippen molar-refractivity contribution in [1.29, 1.82) is 0 Å². The van der Waals surface area contributed by atoms with Crippen molar-refractivity contribution in [2.24, 2.45) is 5.16 Å². The summed E-state index contributed by atoms with van der Waals surface area (Å²) < 4.78 is 2.30. The van der Waals surface area contributed by atoms with Gasteiger partial charge >= 0.3 is 0 Å². The monoisotopic (exact) mass is 238 g/mol. The van der Waals surface area contributed by atoms with E-state index in [-0.39, 0.29) is 0 Å². The maximum Gasteiger partial charge on any atom is 0.0734 e. The van der Waals surface area contributed by atoms with Gasteiger partial charge < -0.3 is 9.77 Å². The van der Waals surface area contributed by atoms with Crippen LogP contribution in [-0.4, -0.2) is 16.0 Å². The molecular formula is C15H14N2O. The first kappa shape index (κ1) is 10.8. The van der Waals surface area contributed by atoms with Crippen LogP contribution in [0.2, 0.25) is 0 Å². The van der Waals surface area contributed by atoms with Gasteiger partial charge in [-0.25, -0.2) is 0 Å². The number of nitrogens with zero attached hydrogens (tertiary/aromatic N) is 2. The lowest BCUT2D eigenvalue weighted by molar-refractivity contribution is 0.322. The van der Waals surface area contributed by atoms with Gasteiger partial charge in [0.15, 0.2) is 0 Å². The van der Waals surface area contributed by atoms with Gasteiger partial charge in [0.25, 0.3) is 0 Å². The topological polar surface area (TPSA) is 37.5 Å². The summed E-state index contributed by atoms with van der Waals surface area (Å²) >= 11 is 0. The van der Waals surface area contributed by atoms with Crippen LogP contribution in [0.5, 0.6) is 0 Å². The molecule has 3 heteroatoms. The maximum atomic E-state index is 8.62. The summed E-state index contributed by atoms with van der Waals surface area (Å²) in [5.74, 6) is 0. The molecule has 0 fully saturated rings. The number of aryl methyl sites for hydroxylation is 1. The van der Waals surface area contributed by atoms with Gasteiger partial charge in [0.2, 0.25) is 0 Å². The number of fused-ring (bicyclic) bond motifs is 3. The fourth-order valence-corrected chi connectivity index (χ4v) is 2.56. The van der Waals surface area contributed by atoms with Crippen molar-refractivity contribution in [3.05, 3.63) is 48.0 Å². The standard InChI is InChI=1S/C15H14N2O/c1-2-17-14-6-4-3-5-12(14)13-9-11(10-16-18)7-8-15(13)17/h3-10,18H,2H2,1H3/b16-10-. The Morgan fingerprint density at radius 3 is 2.67 bits per heavy atom. The lowest BCUT2D eigenvalue weighted by atomic mass is 10.1. The third kappa shape index (κ3) is 1.48. The second kappa shape index (κ2) is 4.18. The van der Waals surface area contributed by atoms with Crippen molar-refractivity contribution in [1.82, 2.24) is 4.57 Å². The zero-order chi connectivity index (χ0) is 12.5. The Balaban J connectivity index is 2.44. The highest BCUT2D eigenvalue weighted by Gasteiger charge is 2.08. The van der Waals surface area contributed by atoms with Gasteiger partial charge in [-0.15, -0.1) is 0 Å². The van der Waals surface area contributed by atoms with Crippen LogP contribution in [0.15, 0.2) is 47.6 Å². The summed E-state index contributed by atoms with van der Waals surface area (Å²) in [6, 6.07) is 14.5. The van der Waals surface area contributed by atoms with E-state index in [4.69, 9.17) is 5.21 Å². The Morgan fingerprint density at radius 2 is 1.89 bits per heavy atom. The molecule has 3 aromatic rings. The summed E-state index contributed by atoms with van der Waals surface area (Å²) in [6.45, 7) is 3.09. The van der Waals surface area contributed by atoms with Gasteiger partial charge in [0, 0.05) is 28.4 Å². The highest BCUT2D eigenvalue weighted by molar-refractivity contribution is 6.09. The molecular weight excluding hydrogens is 224 g/mol. The van der Waals surface area contributed by atoms with Crippen LogP contribution in [0.4, 0.5) is 0 Å². The molecule has 0 aliphatic carbocycles. The highest BCUT2D eigenvalue weighted by Crippen LogP contribution is 2.29. The van der Waals surface area contributed by atoms with Crippen molar-refractivity contribution in [2.75, 3.05) is 0 Å². The molecule has 0 bridgehead atoms. The Morgan fingerprint density at radius 1 is 1.11 bits per heavy atom. The molecule has 0 saturated carbocycles. The van der Waals surface area contributed by atoms with Crippen molar-refractivity contribution in [3.8, 4) is 0 Å². The quantitative estimate of drug-likeness (QED) is 0.413. The van der Waals surface area contributed by atoms with Gasteiger partial charge in [-0.05, 0) is 30.7 Å². The van der Waals surface area contributed by atoms with E-state index in [1.807, 2.05) is 6.07 Å². The fraction of sp³-hybridized carbons (Fsp3) is 0.133. The van der Waals surface area contributed by atoms with Crippen LogP contribution in [-0.2, 0) is 6.54 Å². The van der Waals surface area contributed by atoms with Gasteiger partial charge in [0.05, 0.1) is 6.21 Å². The minimum absolute atomic E-state index is 0.906. The molecule has 3 nitrogen and oxygen atoms in total. The molecule has 2 aromatic carbocycles. The van der Waals surface area contributed by atoms with Crippen LogP contribution in [0.3, 0.4) is 0 Å². The Kier molecular flexibility index (Phi) is 2.52. The summed E-state index contributed by atoms with van der Waals surface area (Å²) in [6.07, 6.45) is 1.46. The minimum Gasteiger partial charge on any atom is -0.411 e. The first-order valence-corrected chi connectivity index (χ1v) is 6.03. The van der Waals surface area contributed by atoms with Gasteiger partial charge in [-0.2, -0.15) is 0 Å². The summed E-state index contributed by atoms with van der Waals surface area (Å²) in [5.41, 5.74) is 3.37. The minimum atomic E-state index is 0.906. The zero-order valence-corrected chi connectivity index (χ0v) is 10.2. The van der Waals surface area contributed by atoms with Crippen LogP contribution in [0.25, 0.3) is 21.8 Å². The molecule has 0 radical (unpaired) electrons. The van der Waals surface area contributed by atoms with Crippen molar-refractivity contribution in [3.63, 3.8) is 0 Å². The predicted molar refractivity (Wildman–Crippen MR) is 74.5 cm³/mol. The number of aromatic nitrogens is 1. The SMILES string of the molecule is CCn1c2ccccc2c2cc(/C=N\O)ccc21. The summed E-state index contributed by atoms with van der Waals surface area (Å²) in [7, 11) is 0. The number of oxime groups is 1. The molecule has 0 aliphatic heterocycles. The van der Waals surface area contributed by atoms with Crippen molar-refractivity contribution in [2.45, 2.75) is 13.5 Å². The molecule has 1 aromatic heterocycles. The molecule has 0 unspecified atom stereocenters. The molecule has 0 amide bonds. The van der Waals surface area contributed by atoms with Gasteiger partial charge in [-0.3, -0.25) is 0 Å². The Bertz CT molecular complexity index is 741. The summed E-state index contributed by atoms with van der Waals surface area (Å²) in [5, 5.41) is 14.1. The third-order valence-electron chi connectivity index (χ3n) is 3.32. The Labute approximate surface area is 105 Å². The first-order valence-electron chi connectivity index (χ1n) is 6.03. The molecule has 0 aliphatic rings. The van der Waals surface area contributed by atoms with Crippen LogP contribution in [0, 0.1) is 0 Å². The summed E-state index contributed by atoms with van der Waals surface area (Å²) in [4.78, 5) is 0. The fourth-order valence-electron chi connectivity index (χ4n) is 2.56. The number of benzene rings is 2. The second-order valence-electron chi connectivity index (χ2n) is 4.28. The molecule has 0 spiro atoms. The van der Waals surface area contributed by atoms with E-state index in [9.17, 15) is 0 Å². The molecule has 0 saturated heterocycles. The van der Waals surface area contributed by atoms with Gasteiger partial charge in [-0.1, -0.05) is 29.4 Å². The zero-order valence-electron chi connectivity index (χ0n) is 10.2. The number of hydrogen-bond donors (Lipinski definition) is 1. The van der Waals surface area contributed by atoms with E-state index >= 15 is 0 Å². The Hall–Kier alpha value is -2.29. The van der Waals surface area contributed by atoms with E-state index in [0.29, 0.717) is 0 Å². The lowest BCUT2D eigenvalue weighted by Gasteiger charge is -2.02. The largest absolute Gasteiger partial charge is 0.411 e. The van der Waals surface area contributed by atoms with Crippen LogP contribution >= 0.6 is 0 Å². The molecule has 18 heavy (non-hydrogen) atoms.